The van der Waals surface area contributed by atoms with Crippen LogP contribution in [-0.2, 0) is 10.0 Å². The number of nitrogens with one attached hydrogen (secondary N) is 1. The number of halogens is 1. The molecule has 30 heavy (non-hydrogen) atoms. The largest absolute Gasteiger partial charge is 0.491 e. The van der Waals surface area contributed by atoms with E-state index in [0.29, 0.717) is 13.2 Å². The van der Waals surface area contributed by atoms with Gasteiger partial charge in [-0.3, -0.25) is 0 Å². The summed E-state index contributed by atoms with van der Waals surface area (Å²) in [6.07, 6.45) is 0. The van der Waals surface area contributed by atoms with Crippen LogP contribution in [0.15, 0.2) is 47.4 Å². The molecule has 1 heterocycles. The lowest BCUT2D eigenvalue weighted by atomic mass is 10.1. The molecule has 0 bridgehead atoms. The van der Waals surface area contributed by atoms with Crippen molar-refractivity contribution >= 4 is 16.1 Å². The van der Waals surface area contributed by atoms with Crippen LogP contribution in [0.1, 0.15) is 11.1 Å². The van der Waals surface area contributed by atoms with Crippen LogP contribution in [0, 0.1) is 19.7 Å². The Kier molecular flexibility index (Phi) is 6.94. The maximum Gasteiger partial charge on any atom is 0.317 e. The number of piperazine rings is 1. The topological polar surface area (TPSA) is 79.0 Å². The van der Waals surface area contributed by atoms with E-state index < -0.39 is 15.8 Å². The highest BCUT2D eigenvalue weighted by atomic mass is 32.2. The lowest BCUT2D eigenvalue weighted by molar-refractivity contribution is 0.170. The van der Waals surface area contributed by atoms with Gasteiger partial charge in [0.15, 0.2) is 0 Å². The molecule has 162 valence electrons. The molecule has 9 heteroatoms. The molecule has 0 saturated carbocycles. The quantitative estimate of drug-likeness (QED) is 0.708. The minimum absolute atomic E-state index is 0.0466. The molecule has 1 N–H and O–H groups in total. The number of carbonyl (C=O) groups excluding carboxylic acids is 1. The highest BCUT2D eigenvalue weighted by molar-refractivity contribution is 7.89. The molecule has 0 unspecified atom stereocenters. The Morgan fingerprint density at radius 2 is 1.73 bits per heavy atom. The van der Waals surface area contributed by atoms with Gasteiger partial charge in [0, 0.05) is 26.2 Å². The molecule has 1 saturated heterocycles. The third kappa shape index (κ3) is 5.28. The van der Waals surface area contributed by atoms with Crippen LogP contribution in [-0.4, -0.2) is 63.0 Å². The van der Waals surface area contributed by atoms with E-state index in [1.807, 2.05) is 32.0 Å². The average Bonchev–Trinajstić information content (AvgIpc) is 2.72. The maximum absolute atomic E-state index is 13.0. The van der Waals surface area contributed by atoms with Crippen LogP contribution in [0.3, 0.4) is 0 Å². The summed E-state index contributed by atoms with van der Waals surface area (Å²) in [5.41, 5.74) is 2.20. The van der Waals surface area contributed by atoms with Crippen LogP contribution < -0.4 is 10.1 Å². The second kappa shape index (κ2) is 9.44. The van der Waals surface area contributed by atoms with Crippen molar-refractivity contribution < 1.29 is 22.3 Å². The van der Waals surface area contributed by atoms with E-state index >= 15 is 0 Å². The number of carbonyl (C=O) groups is 1. The predicted molar refractivity (Wildman–Crippen MR) is 112 cm³/mol. The normalized spacial score (nSPS) is 15.1. The number of urea groups is 1. The third-order valence-corrected chi connectivity index (χ3v) is 6.86. The summed E-state index contributed by atoms with van der Waals surface area (Å²) in [5.74, 6) is 0.298. The molecule has 1 aliphatic heterocycles. The summed E-state index contributed by atoms with van der Waals surface area (Å²) in [4.78, 5) is 14.0. The van der Waals surface area contributed by atoms with Gasteiger partial charge in [-0.1, -0.05) is 17.7 Å². The molecule has 0 atom stereocenters. The lowest BCUT2D eigenvalue weighted by Gasteiger charge is -2.34. The van der Waals surface area contributed by atoms with Gasteiger partial charge in [0.05, 0.1) is 11.4 Å². The van der Waals surface area contributed by atoms with Crippen molar-refractivity contribution in [2.45, 2.75) is 18.7 Å². The highest BCUT2D eigenvalue weighted by Gasteiger charge is 2.30. The highest BCUT2D eigenvalue weighted by Crippen LogP contribution is 2.19. The Hall–Kier alpha value is -2.65. The Morgan fingerprint density at radius 1 is 1.07 bits per heavy atom. The first-order valence-electron chi connectivity index (χ1n) is 9.76. The monoisotopic (exact) mass is 435 g/mol. The van der Waals surface area contributed by atoms with Crippen molar-refractivity contribution in [3.05, 3.63) is 59.4 Å². The van der Waals surface area contributed by atoms with Gasteiger partial charge in [-0.15, -0.1) is 0 Å². The number of amides is 2. The van der Waals surface area contributed by atoms with Gasteiger partial charge < -0.3 is 15.0 Å². The molecule has 2 aromatic rings. The molecule has 3 rings (SSSR count). The third-order valence-electron chi connectivity index (χ3n) is 4.94. The standard InChI is InChI=1S/C21H26FN3O4S/c1-16-3-8-20(17(2)15-16)29-14-9-23-21(26)24-10-12-25(13-11-24)30(27,28)19-6-4-18(22)5-7-19/h3-8,15H,9-14H2,1-2H3,(H,23,26). The Balaban J connectivity index is 1.44. The molecular formula is C21H26FN3O4S. The fourth-order valence-electron chi connectivity index (χ4n) is 3.28. The van der Waals surface area contributed by atoms with Crippen molar-refractivity contribution in [1.82, 2.24) is 14.5 Å². The SMILES string of the molecule is Cc1ccc(OCCNC(=O)N2CCN(S(=O)(=O)c3ccc(F)cc3)CC2)c(C)c1. The number of aryl methyl sites for hydroxylation is 2. The minimum Gasteiger partial charge on any atom is -0.491 e. The van der Waals surface area contributed by atoms with E-state index in [0.717, 1.165) is 29.0 Å². The van der Waals surface area contributed by atoms with Crippen LogP contribution in [0.2, 0.25) is 0 Å². The number of hydrogen-bond acceptors (Lipinski definition) is 4. The predicted octanol–water partition coefficient (Wildman–Crippen LogP) is 2.54. The molecule has 1 fully saturated rings. The fraction of sp³-hybridized carbons (Fsp3) is 0.381. The van der Waals surface area contributed by atoms with Gasteiger partial charge in [0.2, 0.25) is 10.0 Å². The number of rotatable bonds is 6. The number of benzene rings is 2. The zero-order valence-electron chi connectivity index (χ0n) is 17.1. The Morgan fingerprint density at radius 3 is 2.37 bits per heavy atom. The first-order chi connectivity index (χ1) is 14.3. The number of ether oxygens (including phenoxy) is 1. The minimum atomic E-state index is -3.70. The van der Waals surface area contributed by atoms with Gasteiger partial charge in [0.25, 0.3) is 0 Å². The van der Waals surface area contributed by atoms with Crippen molar-refractivity contribution in [3.8, 4) is 5.75 Å². The molecule has 2 aromatic carbocycles. The average molecular weight is 436 g/mol. The molecule has 2 amide bonds. The molecule has 0 aromatic heterocycles. The van der Waals surface area contributed by atoms with E-state index in [9.17, 15) is 17.6 Å². The second-order valence-electron chi connectivity index (χ2n) is 7.19. The first kappa shape index (κ1) is 22.0. The summed E-state index contributed by atoms with van der Waals surface area (Å²) in [7, 11) is -3.70. The maximum atomic E-state index is 13.0. The summed E-state index contributed by atoms with van der Waals surface area (Å²) in [6, 6.07) is 10.4. The van der Waals surface area contributed by atoms with E-state index in [-0.39, 0.29) is 37.1 Å². The van der Waals surface area contributed by atoms with Gasteiger partial charge in [-0.25, -0.2) is 17.6 Å². The van der Waals surface area contributed by atoms with Crippen molar-refractivity contribution in [2.75, 3.05) is 39.3 Å². The van der Waals surface area contributed by atoms with Crippen LogP contribution in [0.5, 0.6) is 5.75 Å². The van der Waals surface area contributed by atoms with E-state index in [1.165, 1.54) is 16.4 Å². The van der Waals surface area contributed by atoms with Crippen LogP contribution in [0.4, 0.5) is 9.18 Å². The summed E-state index contributed by atoms with van der Waals surface area (Å²) >= 11 is 0. The molecule has 7 nitrogen and oxygen atoms in total. The van der Waals surface area contributed by atoms with Gasteiger partial charge in [-0.05, 0) is 49.7 Å². The van der Waals surface area contributed by atoms with Crippen molar-refractivity contribution in [1.29, 1.82) is 0 Å². The second-order valence-corrected chi connectivity index (χ2v) is 9.13. The van der Waals surface area contributed by atoms with Crippen LogP contribution >= 0.6 is 0 Å². The fourth-order valence-corrected chi connectivity index (χ4v) is 4.70. The summed E-state index contributed by atoms with van der Waals surface area (Å²) in [5, 5.41) is 2.80. The molecule has 1 aliphatic rings. The van der Waals surface area contributed by atoms with E-state index in [2.05, 4.69) is 5.32 Å². The van der Waals surface area contributed by atoms with E-state index in [1.54, 1.807) is 4.90 Å². The van der Waals surface area contributed by atoms with Gasteiger partial charge >= 0.3 is 6.03 Å². The zero-order valence-corrected chi connectivity index (χ0v) is 17.9. The number of sulfonamides is 1. The van der Waals surface area contributed by atoms with Crippen molar-refractivity contribution in [2.24, 2.45) is 0 Å². The smallest absolute Gasteiger partial charge is 0.317 e. The summed E-state index contributed by atoms with van der Waals surface area (Å²) in [6.45, 7) is 5.61. The lowest BCUT2D eigenvalue weighted by Crippen LogP contribution is -2.53. The van der Waals surface area contributed by atoms with Gasteiger partial charge in [0.1, 0.15) is 18.2 Å². The molecular weight excluding hydrogens is 409 g/mol. The summed E-state index contributed by atoms with van der Waals surface area (Å²) < 4.78 is 45.3. The molecule has 0 aliphatic carbocycles. The first-order valence-corrected chi connectivity index (χ1v) is 11.2. The van der Waals surface area contributed by atoms with Gasteiger partial charge in [-0.2, -0.15) is 4.31 Å². The van der Waals surface area contributed by atoms with Crippen molar-refractivity contribution in [3.63, 3.8) is 0 Å². The molecule has 0 spiro atoms. The van der Waals surface area contributed by atoms with E-state index in [4.69, 9.17) is 4.74 Å². The van der Waals surface area contributed by atoms with Crippen LogP contribution in [0.25, 0.3) is 0 Å². The Labute approximate surface area is 176 Å². The number of nitrogens with zero attached hydrogens (tertiary/aromatic N) is 2. The zero-order chi connectivity index (χ0) is 21.7. The molecule has 0 radical (unpaired) electrons. The Bertz CT molecular complexity index is 988. The number of hydrogen-bond donors (Lipinski definition) is 1.